The quantitative estimate of drug-likeness (QED) is 0.863. The van der Waals surface area contributed by atoms with Crippen molar-refractivity contribution in [2.45, 2.75) is 19.9 Å². The molecule has 0 aliphatic heterocycles. The van der Waals surface area contributed by atoms with Crippen molar-refractivity contribution in [3.05, 3.63) is 42.2 Å². The lowest BCUT2D eigenvalue weighted by Gasteiger charge is -2.07. The van der Waals surface area contributed by atoms with Crippen molar-refractivity contribution in [1.82, 2.24) is 9.97 Å². The topological polar surface area (TPSA) is 70.3 Å². The molecule has 0 aliphatic carbocycles. The summed E-state index contributed by atoms with van der Waals surface area (Å²) in [5.41, 5.74) is 6.60. The lowest BCUT2D eigenvalue weighted by atomic mass is 10.2. The molecule has 0 unspecified atom stereocenters. The van der Waals surface area contributed by atoms with Crippen molar-refractivity contribution in [2.24, 2.45) is 5.73 Å². The molecule has 0 saturated carbocycles. The fraction of sp³-hybridized carbons (Fsp3) is 0.286. The Morgan fingerprint density at radius 3 is 2.53 bits per heavy atom. The summed E-state index contributed by atoms with van der Waals surface area (Å²) < 4.78 is 11.0. The van der Waals surface area contributed by atoms with E-state index in [4.69, 9.17) is 15.2 Å². The number of hydrogen-bond donors (Lipinski definition) is 1. The Balaban J connectivity index is 2.05. The van der Waals surface area contributed by atoms with Gasteiger partial charge in [-0.1, -0.05) is 19.1 Å². The molecule has 2 aromatic rings. The molecule has 0 saturated heterocycles. The minimum atomic E-state index is 0.460. The van der Waals surface area contributed by atoms with Crippen molar-refractivity contribution in [3.63, 3.8) is 0 Å². The summed E-state index contributed by atoms with van der Waals surface area (Å²) in [6.45, 7) is 3.18. The van der Waals surface area contributed by atoms with Crippen molar-refractivity contribution in [1.29, 1.82) is 0 Å². The summed E-state index contributed by atoms with van der Waals surface area (Å²) in [5, 5.41) is 0. The van der Waals surface area contributed by atoms with Crippen molar-refractivity contribution in [3.8, 4) is 17.5 Å². The lowest BCUT2D eigenvalue weighted by Crippen LogP contribution is -1.98. The normalized spacial score (nSPS) is 10.2. The number of aromatic nitrogens is 2. The molecule has 100 valence electrons. The van der Waals surface area contributed by atoms with Crippen molar-refractivity contribution < 1.29 is 9.47 Å². The highest BCUT2D eigenvalue weighted by Crippen LogP contribution is 2.21. The van der Waals surface area contributed by atoms with Crippen LogP contribution in [0.5, 0.6) is 17.5 Å². The molecular formula is C14H17N3O2. The average molecular weight is 259 g/mol. The molecular weight excluding hydrogens is 242 g/mol. The van der Waals surface area contributed by atoms with Gasteiger partial charge in [0.05, 0.1) is 12.7 Å². The minimum absolute atomic E-state index is 0.460. The number of nitrogens with zero attached hydrogens (tertiary/aromatic N) is 2. The zero-order valence-electron chi connectivity index (χ0n) is 10.9. The van der Waals surface area contributed by atoms with Gasteiger partial charge in [-0.05, 0) is 24.1 Å². The van der Waals surface area contributed by atoms with Crippen LogP contribution >= 0.6 is 0 Å². The van der Waals surface area contributed by atoms with Gasteiger partial charge < -0.3 is 15.2 Å². The number of nitrogens with two attached hydrogens (primary N) is 1. The summed E-state index contributed by atoms with van der Waals surface area (Å²) in [7, 11) is 0. The Kier molecular flexibility index (Phi) is 4.69. The van der Waals surface area contributed by atoms with Crippen molar-refractivity contribution >= 4 is 0 Å². The Labute approximate surface area is 112 Å². The first-order valence-corrected chi connectivity index (χ1v) is 6.23. The first-order chi connectivity index (χ1) is 9.31. The number of ether oxygens (including phenoxy) is 2. The van der Waals surface area contributed by atoms with Gasteiger partial charge in [0, 0.05) is 6.54 Å². The first kappa shape index (κ1) is 13.3. The molecule has 19 heavy (non-hydrogen) atoms. The summed E-state index contributed by atoms with van der Waals surface area (Å²) in [4.78, 5) is 8.06. The van der Waals surface area contributed by atoms with Gasteiger partial charge in [0.25, 0.3) is 0 Å². The second-order valence-corrected chi connectivity index (χ2v) is 3.99. The van der Waals surface area contributed by atoms with E-state index in [0.29, 0.717) is 30.7 Å². The SMILES string of the molecule is CCCOc1cc(Oc2ccc(CN)cc2)ncn1. The van der Waals surface area contributed by atoms with Crippen LogP contribution in [-0.2, 0) is 6.54 Å². The van der Waals surface area contributed by atoms with E-state index in [1.54, 1.807) is 6.07 Å². The molecule has 5 heteroatoms. The van der Waals surface area contributed by atoms with E-state index in [9.17, 15) is 0 Å². The van der Waals surface area contributed by atoms with Crippen LogP contribution in [0.4, 0.5) is 0 Å². The van der Waals surface area contributed by atoms with E-state index in [0.717, 1.165) is 12.0 Å². The molecule has 0 aliphatic rings. The third kappa shape index (κ3) is 3.93. The van der Waals surface area contributed by atoms with Crippen molar-refractivity contribution in [2.75, 3.05) is 6.61 Å². The first-order valence-electron chi connectivity index (χ1n) is 6.23. The second-order valence-electron chi connectivity index (χ2n) is 3.99. The van der Waals surface area contributed by atoms with Crippen LogP contribution in [0.25, 0.3) is 0 Å². The zero-order chi connectivity index (χ0) is 13.5. The largest absolute Gasteiger partial charge is 0.477 e. The predicted molar refractivity (Wildman–Crippen MR) is 72.2 cm³/mol. The van der Waals surface area contributed by atoms with Gasteiger partial charge in [0.15, 0.2) is 0 Å². The summed E-state index contributed by atoms with van der Waals surface area (Å²) >= 11 is 0. The van der Waals surface area contributed by atoms with E-state index in [2.05, 4.69) is 9.97 Å². The average Bonchev–Trinajstić information content (AvgIpc) is 2.46. The van der Waals surface area contributed by atoms with Gasteiger partial charge in [0.1, 0.15) is 12.1 Å². The Morgan fingerprint density at radius 2 is 1.84 bits per heavy atom. The van der Waals surface area contributed by atoms with Gasteiger partial charge in [0.2, 0.25) is 11.8 Å². The van der Waals surface area contributed by atoms with E-state index in [1.807, 2.05) is 31.2 Å². The standard InChI is InChI=1S/C14H17N3O2/c1-2-7-18-13-8-14(17-10-16-13)19-12-5-3-11(9-15)4-6-12/h3-6,8,10H,2,7,9,15H2,1H3. The molecule has 0 bridgehead atoms. The third-order valence-electron chi connectivity index (χ3n) is 2.45. The molecule has 2 N–H and O–H groups in total. The predicted octanol–water partition coefficient (Wildman–Crippen LogP) is 2.52. The highest BCUT2D eigenvalue weighted by atomic mass is 16.5. The molecule has 1 aromatic carbocycles. The smallest absolute Gasteiger partial charge is 0.226 e. The van der Waals surface area contributed by atoms with Crippen LogP contribution in [0.1, 0.15) is 18.9 Å². The molecule has 0 amide bonds. The molecule has 5 nitrogen and oxygen atoms in total. The highest BCUT2D eigenvalue weighted by molar-refractivity contribution is 5.31. The summed E-state index contributed by atoms with van der Waals surface area (Å²) in [6, 6.07) is 9.23. The Morgan fingerprint density at radius 1 is 1.11 bits per heavy atom. The van der Waals surface area contributed by atoms with Gasteiger partial charge in [-0.2, -0.15) is 0 Å². The molecule has 0 atom stereocenters. The van der Waals surface area contributed by atoms with Gasteiger partial charge in [-0.25, -0.2) is 9.97 Å². The van der Waals surface area contributed by atoms with Crippen LogP contribution in [-0.4, -0.2) is 16.6 Å². The lowest BCUT2D eigenvalue weighted by molar-refractivity contribution is 0.302. The Hall–Kier alpha value is -2.14. The fourth-order valence-electron chi connectivity index (χ4n) is 1.48. The van der Waals surface area contributed by atoms with Gasteiger partial charge in [-0.15, -0.1) is 0 Å². The molecule has 0 radical (unpaired) electrons. The van der Waals surface area contributed by atoms with Gasteiger partial charge >= 0.3 is 0 Å². The van der Waals surface area contributed by atoms with Gasteiger partial charge in [-0.3, -0.25) is 0 Å². The molecule has 0 fully saturated rings. The van der Waals surface area contributed by atoms with Crippen LogP contribution < -0.4 is 15.2 Å². The maximum atomic E-state index is 5.63. The van der Waals surface area contributed by atoms with Crippen LogP contribution in [0.2, 0.25) is 0 Å². The number of hydrogen-bond acceptors (Lipinski definition) is 5. The fourth-order valence-corrected chi connectivity index (χ4v) is 1.48. The Bertz CT molecular complexity index is 514. The molecule has 1 aromatic heterocycles. The maximum absolute atomic E-state index is 5.63. The zero-order valence-corrected chi connectivity index (χ0v) is 10.9. The maximum Gasteiger partial charge on any atom is 0.226 e. The van der Waals surface area contributed by atoms with Crippen LogP contribution in [0.3, 0.4) is 0 Å². The second kappa shape index (κ2) is 6.70. The number of benzene rings is 1. The summed E-state index contributed by atoms with van der Waals surface area (Å²) in [5.74, 6) is 1.68. The minimum Gasteiger partial charge on any atom is -0.477 e. The summed E-state index contributed by atoms with van der Waals surface area (Å²) in [6.07, 6.45) is 2.36. The monoisotopic (exact) mass is 259 g/mol. The molecule has 1 heterocycles. The number of rotatable bonds is 6. The van der Waals surface area contributed by atoms with E-state index >= 15 is 0 Å². The van der Waals surface area contributed by atoms with E-state index in [-0.39, 0.29) is 0 Å². The highest BCUT2D eigenvalue weighted by Gasteiger charge is 2.02. The van der Waals surface area contributed by atoms with Crippen LogP contribution in [0.15, 0.2) is 36.7 Å². The molecule has 2 rings (SSSR count). The third-order valence-corrected chi connectivity index (χ3v) is 2.45. The van der Waals surface area contributed by atoms with E-state index < -0.39 is 0 Å². The van der Waals surface area contributed by atoms with E-state index in [1.165, 1.54) is 6.33 Å². The van der Waals surface area contributed by atoms with Crippen LogP contribution in [0, 0.1) is 0 Å². The molecule has 0 spiro atoms.